The highest BCUT2D eigenvalue weighted by atomic mass is 16.2. The molecule has 2 aromatic rings. The van der Waals surface area contributed by atoms with E-state index in [0.717, 1.165) is 30.3 Å². The summed E-state index contributed by atoms with van der Waals surface area (Å²) in [5, 5.41) is 7.89. The van der Waals surface area contributed by atoms with Gasteiger partial charge >= 0.3 is 0 Å². The molecule has 0 aromatic carbocycles. The lowest BCUT2D eigenvalue weighted by molar-refractivity contribution is -0.116. The third-order valence-electron chi connectivity index (χ3n) is 6.66. The van der Waals surface area contributed by atoms with Crippen molar-refractivity contribution in [1.29, 1.82) is 0 Å². The number of carbonyl (C=O) groups excluding carboxylic acids is 1. The fourth-order valence-electron chi connectivity index (χ4n) is 4.58. The largest absolute Gasteiger partial charge is 0.359 e. The minimum Gasteiger partial charge on any atom is -0.359 e. The molecule has 1 aliphatic heterocycles. The van der Waals surface area contributed by atoms with Crippen molar-refractivity contribution in [3.05, 3.63) is 52.4 Å². The Labute approximate surface area is 182 Å². The summed E-state index contributed by atoms with van der Waals surface area (Å²) in [5.41, 5.74) is 9.62. The second-order valence-electron chi connectivity index (χ2n) is 8.96. The number of rotatable bonds is 9. The number of carbonyl (C=O) groups is 1. The number of aryl methyl sites for hydroxylation is 1. The van der Waals surface area contributed by atoms with Crippen LogP contribution in [0, 0.1) is 6.92 Å². The number of hydrazone groups is 1. The van der Waals surface area contributed by atoms with Crippen LogP contribution < -0.4 is 10.7 Å². The number of aromatic nitrogens is 3. The summed E-state index contributed by atoms with van der Waals surface area (Å²) in [7, 11) is 0. The van der Waals surface area contributed by atoms with Crippen LogP contribution in [-0.2, 0) is 11.2 Å². The van der Waals surface area contributed by atoms with E-state index < -0.39 is 0 Å². The molecule has 3 N–H and O–H groups in total. The second kappa shape index (κ2) is 8.75. The zero-order chi connectivity index (χ0) is 21.2. The maximum absolute atomic E-state index is 12.5. The average Bonchev–Trinajstić information content (AvgIpc) is 3.45. The molecule has 7 heteroatoms. The van der Waals surface area contributed by atoms with Gasteiger partial charge in [-0.05, 0) is 81.5 Å². The quantitative estimate of drug-likeness (QED) is 0.430. The Morgan fingerprint density at radius 3 is 2.68 bits per heavy atom. The summed E-state index contributed by atoms with van der Waals surface area (Å²) in [6.45, 7) is 3.27. The summed E-state index contributed by atoms with van der Waals surface area (Å²) < 4.78 is 0. The fourth-order valence-corrected chi connectivity index (χ4v) is 4.58. The normalized spacial score (nSPS) is 20.1. The summed E-state index contributed by atoms with van der Waals surface area (Å²) in [6.07, 6.45) is 16.8. The standard InChI is InChI=1S/C24H30N6O/c1-15-19(7-2-3-10-27-18-5-4-6-18)22(16-8-9-16)21(28-15)11-20-23(29-30-24(20)31)17-12-25-14-26-13-17/h11-14,16,18,27-28H,2-10H2,1H3,(H,30,31)/b20-11+. The van der Waals surface area contributed by atoms with Crippen molar-refractivity contribution in [2.75, 3.05) is 6.54 Å². The molecule has 2 fully saturated rings. The van der Waals surface area contributed by atoms with E-state index in [1.807, 2.05) is 6.08 Å². The molecule has 1 amide bonds. The number of nitrogens with one attached hydrogen (secondary N) is 3. The topological polar surface area (TPSA) is 95.1 Å². The van der Waals surface area contributed by atoms with E-state index in [1.165, 1.54) is 68.1 Å². The number of amides is 1. The van der Waals surface area contributed by atoms with Crippen LogP contribution >= 0.6 is 0 Å². The van der Waals surface area contributed by atoms with Gasteiger partial charge in [-0.25, -0.2) is 15.4 Å². The van der Waals surface area contributed by atoms with E-state index in [4.69, 9.17) is 0 Å². The zero-order valence-electron chi connectivity index (χ0n) is 18.1. The SMILES string of the molecule is Cc1[nH]c(/C=C2/C(=O)NN=C2c2cncnc2)c(C2CC2)c1CCCCNC1CCC1. The molecule has 3 aliphatic rings. The lowest BCUT2D eigenvalue weighted by Gasteiger charge is -2.26. The first-order valence-electron chi connectivity index (χ1n) is 11.5. The summed E-state index contributed by atoms with van der Waals surface area (Å²) >= 11 is 0. The molecule has 0 unspecified atom stereocenters. The lowest BCUT2D eigenvalue weighted by Crippen LogP contribution is -2.35. The predicted molar refractivity (Wildman–Crippen MR) is 121 cm³/mol. The summed E-state index contributed by atoms with van der Waals surface area (Å²) in [5.74, 6) is 0.418. The van der Waals surface area contributed by atoms with Crippen LogP contribution in [0.1, 0.15) is 78.9 Å². The molecule has 31 heavy (non-hydrogen) atoms. The van der Waals surface area contributed by atoms with Gasteiger partial charge < -0.3 is 10.3 Å². The van der Waals surface area contributed by atoms with Crippen molar-refractivity contribution < 1.29 is 4.79 Å². The molecule has 0 spiro atoms. The molecule has 2 aliphatic carbocycles. The van der Waals surface area contributed by atoms with E-state index in [2.05, 4.69) is 37.7 Å². The number of H-pyrrole nitrogens is 1. The molecule has 2 saturated carbocycles. The number of nitrogens with zero attached hydrogens (tertiary/aromatic N) is 3. The van der Waals surface area contributed by atoms with Crippen molar-refractivity contribution in [3.8, 4) is 0 Å². The maximum Gasteiger partial charge on any atom is 0.273 e. The van der Waals surface area contributed by atoms with Gasteiger partial charge in [-0.3, -0.25) is 4.79 Å². The minimum absolute atomic E-state index is 0.184. The van der Waals surface area contributed by atoms with Crippen LogP contribution in [0.3, 0.4) is 0 Å². The Balaban J connectivity index is 1.35. The molecule has 0 radical (unpaired) electrons. The molecule has 2 aromatic heterocycles. The molecular weight excluding hydrogens is 388 g/mol. The molecule has 3 heterocycles. The number of hydrogen-bond donors (Lipinski definition) is 3. The van der Waals surface area contributed by atoms with E-state index in [0.29, 0.717) is 17.2 Å². The first-order chi connectivity index (χ1) is 15.2. The Morgan fingerprint density at radius 2 is 1.97 bits per heavy atom. The molecule has 0 saturated heterocycles. The van der Waals surface area contributed by atoms with Crippen molar-refractivity contribution >= 4 is 17.7 Å². The third kappa shape index (κ3) is 4.32. The highest BCUT2D eigenvalue weighted by Crippen LogP contribution is 2.45. The Morgan fingerprint density at radius 1 is 1.16 bits per heavy atom. The van der Waals surface area contributed by atoms with Crippen LogP contribution in [0.4, 0.5) is 0 Å². The van der Waals surface area contributed by atoms with Gasteiger partial charge in [-0.2, -0.15) is 5.10 Å². The van der Waals surface area contributed by atoms with Crippen LogP contribution in [0.25, 0.3) is 6.08 Å². The highest BCUT2D eigenvalue weighted by Gasteiger charge is 2.32. The first-order valence-corrected chi connectivity index (χ1v) is 11.5. The van der Waals surface area contributed by atoms with Gasteiger partial charge in [-0.1, -0.05) is 6.42 Å². The molecule has 0 bridgehead atoms. The highest BCUT2D eigenvalue weighted by molar-refractivity contribution is 6.33. The number of hydrogen-bond acceptors (Lipinski definition) is 5. The second-order valence-corrected chi connectivity index (χ2v) is 8.96. The molecule has 5 rings (SSSR count). The predicted octanol–water partition coefficient (Wildman–Crippen LogP) is 3.37. The van der Waals surface area contributed by atoms with Gasteiger partial charge in [0.2, 0.25) is 0 Å². The Kier molecular flexibility index (Phi) is 5.68. The molecule has 162 valence electrons. The van der Waals surface area contributed by atoms with E-state index >= 15 is 0 Å². The van der Waals surface area contributed by atoms with Gasteiger partial charge in [0.1, 0.15) is 12.0 Å². The Hall–Kier alpha value is -2.80. The third-order valence-corrected chi connectivity index (χ3v) is 6.66. The van der Waals surface area contributed by atoms with Crippen LogP contribution in [0.2, 0.25) is 0 Å². The average molecular weight is 419 g/mol. The monoisotopic (exact) mass is 418 g/mol. The van der Waals surface area contributed by atoms with Gasteiger partial charge in [0.25, 0.3) is 5.91 Å². The van der Waals surface area contributed by atoms with Gasteiger partial charge in [-0.15, -0.1) is 0 Å². The molecule has 7 nitrogen and oxygen atoms in total. The smallest absolute Gasteiger partial charge is 0.273 e. The minimum atomic E-state index is -0.184. The summed E-state index contributed by atoms with van der Waals surface area (Å²) in [4.78, 5) is 24.2. The Bertz CT molecular complexity index is 1010. The van der Waals surface area contributed by atoms with Crippen molar-refractivity contribution in [1.82, 2.24) is 25.7 Å². The first kappa shape index (κ1) is 20.1. The van der Waals surface area contributed by atoms with Crippen LogP contribution in [-0.4, -0.2) is 39.2 Å². The fraction of sp³-hybridized carbons (Fsp3) is 0.500. The van der Waals surface area contributed by atoms with Crippen molar-refractivity contribution in [2.24, 2.45) is 5.10 Å². The molecule has 0 atom stereocenters. The van der Waals surface area contributed by atoms with E-state index in [9.17, 15) is 4.79 Å². The van der Waals surface area contributed by atoms with Gasteiger partial charge in [0.15, 0.2) is 0 Å². The van der Waals surface area contributed by atoms with Crippen LogP contribution in [0.5, 0.6) is 0 Å². The number of aromatic amines is 1. The lowest BCUT2D eigenvalue weighted by atomic mass is 9.93. The number of unbranched alkanes of at least 4 members (excludes halogenated alkanes) is 1. The van der Waals surface area contributed by atoms with Crippen molar-refractivity contribution in [2.45, 2.75) is 70.3 Å². The van der Waals surface area contributed by atoms with Crippen LogP contribution in [0.15, 0.2) is 29.4 Å². The molecular formula is C24H30N6O. The van der Waals surface area contributed by atoms with E-state index in [-0.39, 0.29) is 5.91 Å². The summed E-state index contributed by atoms with van der Waals surface area (Å²) in [6, 6.07) is 0.762. The zero-order valence-corrected chi connectivity index (χ0v) is 18.1. The van der Waals surface area contributed by atoms with E-state index in [1.54, 1.807) is 12.4 Å². The van der Waals surface area contributed by atoms with Crippen molar-refractivity contribution in [3.63, 3.8) is 0 Å². The van der Waals surface area contributed by atoms with Gasteiger partial charge in [0.05, 0.1) is 5.57 Å². The van der Waals surface area contributed by atoms with Gasteiger partial charge in [0, 0.05) is 35.4 Å². The maximum atomic E-state index is 12.5.